The molecular formula is C19H21BrFN3O3S. The Bertz CT molecular complexity index is 930. The molecular weight excluding hydrogens is 449 g/mol. The van der Waals surface area contributed by atoms with Crippen molar-refractivity contribution in [3.63, 3.8) is 0 Å². The van der Waals surface area contributed by atoms with Gasteiger partial charge in [0.1, 0.15) is 5.82 Å². The van der Waals surface area contributed by atoms with Gasteiger partial charge in [0.15, 0.2) is 0 Å². The summed E-state index contributed by atoms with van der Waals surface area (Å²) in [4.78, 5) is 14.3. The second kappa shape index (κ2) is 9.13. The zero-order chi connectivity index (χ0) is 20.1. The molecule has 0 aliphatic carbocycles. The molecule has 3 rings (SSSR count). The normalized spacial score (nSPS) is 16.1. The predicted molar refractivity (Wildman–Crippen MR) is 108 cm³/mol. The standard InChI is InChI=1S/C19H21BrFN3O3S/c20-16-3-1-2-15(14-16)19(25)22-8-9-23-10-12-24(13-11-23)28(26,27)18-6-4-17(21)5-7-18/h1-7,14H,8-13H2,(H,22,25). The van der Waals surface area contributed by atoms with E-state index in [9.17, 15) is 17.6 Å². The van der Waals surface area contributed by atoms with E-state index in [4.69, 9.17) is 0 Å². The zero-order valence-corrected chi connectivity index (χ0v) is 17.5. The van der Waals surface area contributed by atoms with Crippen LogP contribution in [-0.4, -0.2) is 62.8 Å². The number of piperazine rings is 1. The van der Waals surface area contributed by atoms with Gasteiger partial charge in [0, 0.05) is 49.3 Å². The van der Waals surface area contributed by atoms with E-state index in [1.165, 1.54) is 16.4 Å². The van der Waals surface area contributed by atoms with Crippen molar-refractivity contribution in [3.05, 3.63) is 64.4 Å². The molecule has 2 aromatic carbocycles. The molecule has 28 heavy (non-hydrogen) atoms. The fraction of sp³-hybridized carbons (Fsp3) is 0.316. The monoisotopic (exact) mass is 469 g/mol. The van der Waals surface area contributed by atoms with Gasteiger partial charge in [-0.3, -0.25) is 9.69 Å². The molecule has 0 spiro atoms. The van der Waals surface area contributed by atoms with Crippen molar-refractivity contribution in [2.75, 3.05) is 39.3 Å². The molecule has 1 saturated heterocycles. The molecule has 0 radical (unpaired) electrons. The van der Waals surface area contributed by atoms with E-state index < -0.39 is 15.8 Å². The first-order valence-corrected chi connectivity index (χ1v) is 11.1. The van der Waals surface area contributed by atoms with Crippen molar-refractivity contribution >= 4 is 31.9 Å². The number of nitrogens with one attached hydrogen (secondary N) is 1. The molecule has 1 fully saturated rings. The number of amides is 1. The van der Waals surface area contributed by atoms with E-state index >= 15 is 0 Å². The van der Waals surface area contributed by atoms with Crippen LogP contribution in [0.2, 0.25) is 0 Å². The fourth-order valence-electron chi connectivity index (χ4n) is 3.01. The van der Waals surface area contributed by atoms with E-state index in [-0.39, 0.29) is 10.8 Å². The summed E-state index contributed by atoms with van der Waals surface area (Å²) in [6.07, 6.45) is 0. The Morgan fingerprint density at radius 3 is 2.39 bits per heavy atom. The van der Waals surface area contributed by atoms with Crippen molar-refractivity contribution in [1.29, 1.82) is 0 Å². The van der Waals surface area contributed by atoms with Gasteiger partial charge in [-0.15, -0.1) is 0 Å². The molecule has 1 aliphatic heterocycles. The summed E-state index contributed by atoms with van der Waals surface area (Å²) >= 11 is 3.34. The summed E-state index contributed by atoms with van der Waals surface area (Å²) in [5.74, 6) is -0.604. The number of sulfonamides is 1. The summed E-state index contributed by atoms with van der Waals surface area (Å²) in [6.45, 7) is 3.00. The molecule has 9 heteroatoms. The molecule has 0 unspecified atom stereocenters. The van der Waals surface area contributed by atoms with Crippen LogP contribution in [0.4, 0.5) is 4.39 Å². The molecule has 0 aromatic heterocycles. The van der Waals surface area contributed by atoms with E-state index in [1.807, 2.05) is 6.07 Å². The minimum atomic E-state index is -3.61. The van der Waals surface area contributed by atoms with E-state index in [1.54, 1.807) is 18.2 Å². The van der Waals surface area contributed by atoms with Crippen molar-refractivity contribution in [3.8, 4) is 0 Å². The van der Waals surface area contributed by atoms with Crippen molar-refractivity contribution in [1.82, 2.24) is 14.5 Å². The first-order valence-electron chi connectivity index (χ1n) is 8.88. The van der Waals surface area contributed by atoms with Crippen LogP contribution in [0.5, 0.6) is 0 Å². The second-order valence-electron chi connectivity index (χ2n) is 6.47. The maximum atomic E-state index is 13.0. The van der Waals surface area contributed by atoms with Crippen molar-refractivity contribution in [2.45, 2.75) is 4.90 Å². The van der Waals surface area contributed by atoms with Gasteiger partial charge in [-0.05, 0) is 42.5 Å². The molecule has 1 N–H and O–H groups in total. The highest BCUT2D eigenvalue weighted by molar-refractivity contribution is 9.10. The van der Waals surface area contributed by atoms with Gasteiger partial charge in [-0.25, -0.2) is 12.8 Å². The molecule has 150 valence electrons. The van der Waals surface area contributed by atoms with Gasteiger partial charge in [0.05, 0.1) is 4.90 Å². The van der Waals surface area contributed by atoms with Crippen LogP contribution >= 0.6 is 15.9 Å². The number of benzene rings is 2. The summed E-state index contributed by atoms with van der Waals surface area (Å²) in [6, 6.07) is 12.0. The average molecular weight is 470 g/mol. The Morgan fingerprint density at radius 1 is 1.07 bits per heavy atom. The number of hydrogen-bond donors (Lipinski definition) is 1. The van der Waals surface area contributed by atoms with Crippen LogP contribution in [0.1, 0.15) is 10.4 Å². The van der Waals surface area contributed by atoms with Crippen molar-refractivity contribution in [2.24, 2.45) is 0 Å². The van der Waals surface area contributed by atoms with Crippen LogP contribution in [-0.2, 0) is 10.0 Å². The molecule has 0 saturated carbocycles. The Morgan fingerprint density at radius 2 is 1.75 bits per heavy atom. The maximum Gasteiger partial charge on any atom is 0.251 e. The van der Waals surface area contributed by atoms with Gasteiger partial charge in [-0.2, -0.15) is 4.31 Å². The number of halogens is 2. The molecule has 6 nitrogen and oxygen atoms in total. The first kappa shape index (κ1) is 20.9. The van der Waals surface area contributed by atoms with Gasteiger partial charge in [-0.1, -0.05) is 22.0 Å². The summed E-state index contributed by atoms with van der Waals surface area (Å²) in [5, 5.41) is 2.88. The third-order valence-corrected chi connectivity index (χ3v) is 6.99. The second-order valence-corrected chi connectivity index (χ2v) is 9.32. The van der Waals surface area contributed by atoms with Crippen LogP contribution in [0.25, 0.3) is 0 Å². The highest BCUT2D eigenvalue weighted by Crippen LogP contribution is 2.18. The van der Waals surface area contributed by atoms with E-state index in [0.29, 0.717) is 44.8 Å². The molecule has 0 atom stereocenters. The van der Waals surface area contributed by atoms with Crippen molar-refractivity contribution < 1.29 is 17.6 Å². The van der Waals surface area contributed by atoms with E-state index in [2.05, 4.69) is 26.1 Å². The highest BCUT2D eigenvalue weighted by atomic mass is 79.9. The highest BCUT2D eigenvalue weighted by Gasteiger charge is 2.28. The molecule has 0 bridgehead atoms. The SMILES string of the molecule is O=C(NCCN1CCN(S(=O)(=O)c2ccc(F)cc2)CC1)c1cccc(Br)c1. The average Bonchev–Trinajstić information content (AvgIpc) is 2.68. The molecule has 1 aliphatic rings. The lowest BCUT2D eigenvalue weighted by Crippen LogP contribution is -2.50. The van der Waals surface area contributed by atoms with Crippen LogP contribution in [0.15, 0.2) is 57.9 Å². The Labute approximate surface area is 172 Å². The summed E-state index contributed by atoms with van der Waals surface area (Å²) in [7, 11) is -3.61. The third-order valence-electron chi connectivity index (χ3n) is 4.58. The Hall–Kier alpha value is -1.81. The van der Waals surface area contributed by atoms with Crippen LogP contribution in [0, 0.1) is 5.82 Å². The topological polar surface area (TPSA) is 69.7 Å². The lowest BCUT2D eigenvalue weighted by Gasteiger charge is -2.33. The van der Waals surface area contributed by atoms with Crippen LogP contribution in [0.3, 0.4) is 0 Å². The number of hydrogen-bond acceptors (Lipinski definition) is 4. The maximum absolute atomic E-state index is 13.0. The van der Waals surface area contributed by atoms with Gasteiger partial charge >= 0.3 is 0 Å². The molecule has 1 amide bonds. The molecule has 1 heterocycles. The number of carbonyl (C=O) groups is 1. The smallest absolute Gasteiger partial charge is 0.251 e. The van der Waals surface area contributed by atoms with Gasteiger partial charge in [0.2, 0.25) is 10.0 Å². The minimum absolute atomic E-state index is 0.101. The lowest BCUT2D eigenvalue weighted by molar-refractivity contribution is 0.0945. The van der Waals surface area contributed by atoms with Crippen LogP contribution < -0.4 is 5.32 Å². The van der Waals surface area contributed by atoms with E-state index in [0.717, 1.165) is 16.6 Å². The fourth-order valence-corrected chi connectivity index (χ4v) is 4.83. The Balaban J connectivity index is 1.46. The van der Waals surface area contributed by atoms with Gasteiger partial charge < -0.3 is 5.32 Å². The summed E-state index contributed by atoms with van der Waals surface area (Å²) in [5.41, 5.74) is 0.588. The predicted octanol–water partition coefficient (Wildman–Crippen LogP) is 2.32. The number of nitrogens with zero attached hydrogens (tertiary/aromatic N) is 2. The zero-order valence-electron chi connectivity index (χ0n) is 15.1. The quantitative estimate of drug-likeness (QED) is 0.704. The van der Waals surface area contributed by atoms with Gasteiger partial charge in [0.25, 0.3) is 5.91 Å². The number of rotatable bonds is 6. The third kappa shape index (κ3) is 5.16. The lowest BCUT2D eigenvalue weighted by atomic mass is 10.2. The Kier molecular flexibility index (Phi) is 6.82. The minimum Gasteiger partial charge on any atom is -0.351 e. The largest absolute Gasteiger partial charge is 0.351 e. The molecule has 2 aromatic rings. The first-order chi connectivity index (χ1) is 13.4. The summed E-state index contributed by atoms with van der Waals surface area (Å²) < 4.78 is 40.5. The number of carbonyl (C=O) groups excluding carboxylic acids is 1.